The molecule has 1 nitrogen and oxygen atoms in total. The average Bonchev–Trinajstić information content (AvgIpc) is 2.76. The molecule has 17 heavy (non-hydrogen) atoms. The van der Waals surface area contributed by atoms with Gasteiger partial charge in [0, 0.05) is 4.88 Å². The number of rotatable bonds is 4. The lowest BCUT2D eigenvalue weighted by Gasteiger charge is -2.09. The van der Waals surface area contributed by atoms with Crippen LogP contribution in [0.25, 0.3) is 0 Å². The van der Waals surface area contributed by atoms with Crippen LogP contribution in [0.1, 0.15) is 22.2 Å². The summed E-state index contributed by atoms with van der Waals surface area (Å²) in [4.78, 5) is 1.40. The number of hydrogen-bond donors (Lipinski definition) is 0. The summed E-state index contributed by atoms with van der Waals surface area (Å²) in [5.41, 5.74) is 1.20. The van der Waals surface area contributed by atoms with Crippen molar-refractivity contribution in [3.63, 3.8) is 0 Å². The fourth-order valence-electron chi connectivity index (χ4n) is 1.53. The van der Waals surface area contributed by atoms with Crippen LogP contribution in [0.4, 0.5) is 0 Å². The van der Waals surface area contributed by atoms with Crippen LogP contribution in [-0.4, -0.2) is 6.61 Å². The quantitative estimate of drug-likeness (QED) is 0.692. The van der Waals surface area contributed by atoms with Crippen molar-refractivity contribution in [3.05, 3.63) is 51.2 Å². The van der Waals surface area contributed by atoms with Crippen molar-refractivity contribution in [2.75, 3.05) is 6.61 Å². The first-order valence-electron chi connectivity index (χ1n) is 5.32. The third-order valence-corrected chi connectivity index (χ3v) is 4.95. The van der Waals surface area contributed by atoms with Crippen LogP contribution in [0.5, 0.6) is 5.75 Å². The summed E-state index contributed by atoms with van der Waals surface area (Å²) in [5, 5.41) is 0. The van der Waals surface area contributed by atoms with Gasteiger partial charge >= 0.3 is 0 Å². The summed E-state index contributed by atoms with van der Waals surface area (Å²) in [6, 6.07) is 12.1. The fraction of sp³-hybridized carbons (Fsp3) is 0.231. The summed E-state index contributed by atoms with van der Waals surface area (Å²) in [5.74, 6) is 0.903. The smallest absolute Gasteiger partial charge is 0.119 e. The van der Waals surface area contributed by atoms with Gasteiger partial charge in [0.15, 0.2) is 0 Å². The Bertz CT molecular complexity index is 480. The molecule has 2 rings (SSSR count). The molecule has 0 radical (unpaired) electrons. The molecule has 0 spiro atoms. The molecule has 4 heteroatoms. The van der Waals surface area contributed by atoms with Crippen molar-refractivity contribution >= 4 is 38.9 Å². The minimum Gasteiger partial charge on any atom is -0.494 e. The van der Waals surface area contributed by atoms with Gasteiger partial charge in [0.2, 0.25) is 0 Å². The standard InChI is InChI=1S/C13H12BrClOS/c1-2-16-10-5-3-9(4-6-10)13(14)11-7-8-12(15)17-11/h3-8,13H,2H2,1H3. The predicted molar refractivity (Wildman–Crippen MR) is 77.7 cm³/mol. The maximum Gasteiger partial charge on any atom is 0.119 e. The number of alkyl halides is 1. The molecule has 90 valence electrons. The summed E-state index contributed by atoms with van der Waals surface area (Å²) >= 11 is 11.2. The summed E-state index contributed by atoms with van der Waals surface area (Å²) < 4.78 is 6.23. The van der Waals surface area contributed by atoms with Crippen molar-refractivity contribution in [1.29, 1.82) is 0 Å². The Labute approximate surface area is 119 Å². The minimum absolute atomic E-state index is 0.190. The van der Waals surface area contributed by atoms with Gasteiger partial charge in [-0.3, -0.25) is 0 Å². The van der Waals surface area contributed by atoms with Gasteiger partial charge in [0.1, 0.15) is 5.75 Å². The highest BCUT2D eigenvalue weighted by atomic mass is 79.9. The van der Waals surface area contributed by atoms with Gasteiger partial charge in [-0.25, -0.2) is 0 Å². The van der Waals surface area contributed by atoms with Crippen molar-refractivity contribution in [1.82, 2.24) is 0 Å². The highest BCUT2D eigenvalue weighted by Crippen LogP contribution is 2.37. The first-order valence-corrected chi connectivity index (χ1v) is 7.43. The van der Waals surface area contributed by atoms with E-state index in [2.05, 4.69) is 28.1 Å². The van der Waals surface area contributed by atoms with Crippen LogP contribution in [0.15, 0.2) is 36.4 Å². The van der Waals surface area contributed by atoms with E-state index < -0.39 is 0 Å². The third-order valence-electron chi connectivity index (χ3n) is 2.33. The molecule has 0 saturated heterocycles. The Morgan fingerprint density at radius 3 is 2.47 bits per heavy atom. The molecule has 0 fully saturated rings. The Morgan fingerprint density at radius 2 is 1.94 bits per heavy atom. The van der Waals surface area contributed by atoms with Gasteiger partial charge in [0.25, 0.3) is 0 Å². The Hall–Kier alpha value is -0.510. The monoisotopic (exact) mass is 330 g/mol. The second-order valence-corrected chi connectivity index (χ2v) is 6.17. The Balaban J connectivity index is 2.16. The molecule has 1 aromatic heterocycles. The van der Waals surface area contributed by atoms with Gasteiger partial charge in [-0.05, 0) is 36.8 Å². The normalized spacial score (nSPS) is 12.4. The maximum absolute atomic E-state index is 5.94. The van der Waals surface area contributed by atoms with E-state index in [1.54, 1.807) is 11.3 Å². The van der Waals surface area contributed by atoms with Crippen LogP contribution in [0.2, 0.25) is 4.34 Å². The Kier molecular flexibility index (Phi) is 4.48. The SMILES string of the molecule is CCOc1ccc(C(Br)c2ccc(Cl)s2)cc1. The molecule has 0 aliphatic heterocycles. The number of halogens is 2. The second-order valence-electron chi connectivity index (χ2n) is 3.51. The lowest BCUT2D eigenvalue weighted by molar-refractivity contribution is 0.340. The lowest BCUT2D eigenvalue weighted by Crippen LogP contribution is -1.93. The van der Waals surface area contributed by atoms with Crippen molar-refractivity contribution in [3.8, 4) is 5.75 Å². The second kappa shape index (κ2) is 5.89. The molecule has 0 saturated carbocycles. The molecule has 1 atom stereocenters. The zero-order valence-corrected chi connectivity index (χ0v) is 12.5. The molecule has 0 bridgehead atoms. The van der Waals surface area contributed by atoms with Gasteiger partial charge in [-0.1, -0.05) is 39.7 Å². The largest absolute Gasteiger partial charge is 0.494 e. The summed E-state index contributed by atoms with van der Waals surface area (Å²) in [7, 11) is 0. The zero-order chi connectivity index (χ0) is 12.3. The molecule has 1 heterocycles. The number of thiophene rings is 1. The number of benzene rings is 1. The topological polar surface area (TPSA) is 9.23 Å². The fourth-order valence-corrected chi connectivity index (χ4v) is 3.33. The van der Waals surface area contributed by atoms with E-state index in [0.717, 1.165) is 10.1 Å². The van der Waals surface area contributed by atoms with Crippen LogP contribution in [-0.2, 0) is 0 Å². The van der Waals surface area contributed by atoms with Crippen molar-refractivity contribution in [2.24, 2.45) is 0 Å². The minimum atomic E-state index is 0.190. The van der Waals surface area contributed by atoms with Gasteiger partial charge < -0.3 is 4.74 Å². The molecule has 0 amide bonds. The Morgan fingerprint density at radius 1 is 1.24 bits per heavy atom. The van der Waals surface area contributed by atoms with E-state index in [1.165, 1.54) is 10.4 Å². The third kappa shape index (κ3) is 3.24. The molecule has 0 aliphatic rings. The van der Waals surface area contributed by atoms with Crippen LogP contribution < -0.4 is 4.74 Å². The molecule has 1 unspecified atom stereocenters. The maximum atomic E-state index is 5.94. The van der Waals surface area contributed by atoms with Crippen molar-refractivity contribution < 1.29 is 4.74 Å². The summed E-state index contributed by atoms with van der Waals surface area (Å²) in [6.45, 7) is 2.67. The first-order chi connectivity index (χ1) is 8.20. The number of ether oxygens (including phenoxy) is 1. The van der Waals surface area contributed by atoms with Crippen LogP contribution in [0.3, 0.4) is 0 Å². The predicted octanol–water partition coefficient (Wildman–Crippen LogP) is 5.28. The van der Waals surface area contributed by atoms with E-state index in [9.17, 15) is 0 Å². The van der Waals surface area contributed by atoms with E-state index in [0.29, 0.717) is 6.61 Å². The molecule has 2 aromatic rings. The van der Waals surface area contributed by atoms with E-state index in [4.69, 9.17) is 16.3 Å². The highest BCUT2D eigenvalue weighted by molar-refractivity contribution is 9.09. The van der Waals surface area contributed by atoms with Crippen LogP contribution in [0, 0.1) is 0 Å². The van der Waals surface area contributed by atoms with E-state index in [-0.39, 0.29) is 4.83 Å². The van der Waals surface area contributed by atoms with Gasteiger partial charge in [-0.15, -0.1) is 11.3 Å². The van der Waals surface area contributed by atoms with Gasteiger partial charge in [-0.2, -0.15) is 0 Å². The van der Waals surface area contributed by atoms with E-state index >= 15 is 0 Å². The molecule has 0 N–H and O–H groups in total. The lowest BCUT2D eigenvalue weighted by atomic mass is 10.1. The number of hydrogen-bond acceptors (Lipinski definition) is 2. The van der Waals surface area contributed by atoms with Gasteiger partial charge in [0.05, 0.1) is 15.8 Å². The molecule has 0 aliphatic carbocycles. The molecular formula is C13H12BrClOS. The van der Waals surface area contributed by atoms with Crippen molar-refractivity contribution in [2.45, 2.75) is 11.8 Å². The average molecular weight is 332 g/mol. The first kappa shape index (κ1) is 12.9. The zero-order valence-electron chi connectivity index (χ0n) is 9.32. The summed E-state index contributed by atoms with van der Waals surface area (Å²) in [6.07, 6.45) is 0. The van der Waals surface area contributed by atoms with Crippen LogP contribution >= 0.6 is 38.9 Å². The van der Waals surface area contributed by atoms with E-state index in [1.807, 2.05) is 31.2 Å². The molecule has 1 aromatic carbocycles. The molecular weight excluding hydrogens is 320 g/mol. The highest BCUT2D eigenvalue weighted by Gasteiger charge is 2.12.